The monoisotopic (exact) mass is 451 g/mol. The maximum atomic E-state index is 13.6. The Morgan fingerprint density at radius 3 is 2.80 bits per heavy atom. The average molecular weight is 452 g/mol. The number of amides is 1. The summed E-state index contributed by atoms with van der Waals surface area (Å²) < 4.78 is 40.9. The Hall–Kier alpha value is -2.30. The van der Waals surface area contributed by atoms with E-state index in [1.165, 1.54) is 16.4 Å². The quantitative estimate of drug-likeness (QED) is 0.757. The number of carbonyl (C=O) groups is 1. The lowest BCUT2D eigenvalue weighted by Crippen LogP contribution is -2.47. The zero-order valence-corrected chi connectivity index (χ0v) is 18.1. The standard InChI is InChI=1S/C20H22FN3O4S2/c1-14-4-5-15(21)11-18(14)30(26,27)24-8-6-20(7-9-24)12-17(23-28-20)19(25)22-13-16-3-2-10-29-16/h2-5,10-11H,6-9,12-13H2,1H3,(H,22,25). The van der Waals surface area contributed by atoms with Gasteiger partial charge in [0.05, 0.1) is 11.4 Å². The third kappa shape index (κ3) is 4.12. The molecule has 7 nitrogen and oxygen atoms in total. The molecule has 0 unspecified atom stereocenters. The van der Waals surface area contributed by atoms with E-state index in [1.807, 2.05) is 17.5 Å². The fourth-order valence-corrected chi connectivity index (χ4v) is 6.04. The van der Waals surface area contributed by atoms with E-state index in [9.17, 15) is 17.6 Å². The van der Waals surface area contributed by atoms with Crippen LogP contribution in [0.1, 0.15) is 29.7 Å². The maximum absolute atomic E-state index is 13.6. The average Bonchev–Trinajstić information content (AvgIpc) is 3.39. The fraction of sp³-hybridized carbons (Fsp3) is 0.400. The highest BCUT2D eigenvalue weighted by molar-refractivity contribution is 7.89. The normalized spacial score (nSPS) is 18.8. The van der Waals surface area contributed by atoms with Crippen LogP contribution in [0.4, 0.5) is 4.39 Å². The molecule has 10 heteroatoms. The van der Waals surface area contributed by atoms with Crippen molar-refractivity contribution >= 4 is 33.0 Å². The summed E-state index contributed by atoms with van der Waals surface area (Å²) >= 11 is 1.56. The molecule has 1 fully saturated rings. The van der Waals surface area contributed by atoms with Crippen LogP contribution in [0.25, 0.3) is 0 Å². The van der Waals surface area contributed by atoms with Crippen molar-refractivity contribution in [2.45, 2.75) is 43.2 Å². The second kappa shape index (κ2) is 8.09. The van der Waals surface area contributed by atoms with Crippen LogP contribution in [0, 0.1) is 12.7 Å². The van der Waals surface area contributed by atoms with Crippen LogP contribution >= 0.6 is 11.3 Å². The zero-order chi connectivity index (χ0) is 21.4. The Labute approximate surface area is 178 Å². The Bertz CT molecular complexity index is 1080. The molecule has 160 valence electrons. The third-order valence-electron chi connectivity index (χ3n) is 5.51. The van der Waals surface area contributed by atoms with Gasteiger partial charge in [-0.1, -0.05) is 17.3 Å². The molecular weight excluding hydrogens is 429 g/mol. The van der Waals surface area contributed by atoms with Gasteiger partial charge in [-0.05, 0) is 36.1 Å². The first-order valence-corrected chi connectivity index (χ1v) is 11.9. The number of oxime groups is 1. The topological polar surface area (TPSA) is 88.1 Å². The summed E-state index contributed by atoms with van der Waals surface area (Å²) in [7, 11) is -3.80. The molecule has 1 amide bonds. The van der Waals surface area contributed by atoms with Crippen molar-refractivity contribution in [1.29, 1.82) is 0 Å². The summed E-state index contributed by atoms with van der Waals surface area (Å²) in [6.45, 7) is 2.52. The Balaban J connectivity index is 1.36. The maximum Gasteiger partial charge on any atom is 0.269 e. The molecule has 30 heavy (non-hydrogen) atoms. The number of hydrogen-bond donors (Lipinski definition) is 1. The van der Waals surface area contributed by atoms with Crippen LogP contribution < -0.4 is 5.32 Å². The third-order valence-corrected chi connectivity index (χ3v) is 8.42. The molecule has 3 heterocycles. The van der Waals surface area contributed by atoms with Gasteiger partial charge in [0.1, 0.15) is 17.1 Å². The van der Waals surface area contributed by atoms with E-state index in [4.69, 9.17) is 4.84 Å². The first-order chi connectivity index (χ1) is 14.3. The number of benzene rings is 1. The molecule has 1 N–H and O–H groups in total. The second-order valence-electron chi connectivity index (χ2n) is 7.57. The SMILES string of the molecule is Cc1ccc(F)cc1S(=O)(=O)N1CCC2(CC1)CC(C(=O)NCc1cccs1)=NO2. The minimum Gasteiger partial charge on any atom is -0.388 e. The van der Waals surface area contributed by atoms with Crippen molar-refractivity contribution in [2.24, 2.45) is 5.16 Å². The van der Waals surface area contributed by atoms with Crippen LogP contribution in [-0.4, -0.2) is 43.0 Å². The van der Waals surface area contributed by atoms with Gasteiger partial charge in [0.15, 0.2) is 0 Å². The summed E-state index contributed by atoms with van der Waals surface area (Å²) in [4.78, 5) is 19.0. The molecule has 1 aromatic carbocycles. The molecule has 4 rings (SSSR count). The van der Waals surface area contributed by atoms with Gasteiger partial charge < -0.3 is 10.2 Å². The van der Waals surface area contributed by atoms with Crippen molar-refractivity contribution in [3.8, 4) is 0 Å². The Morgan fingerprint density at radius 2 is 2.10 bits per heavy atom. The number of hydrogen-bond acceptors (Lipinski definition) is 6. The zero-order valence-electron chi connectivity index (χ0n) is 16.4. The first kappa shape index (κ1) is 21.0. The van der Waals surface area contributed by atoms with Crippen molar-refractivity contribution in [3.05, 3.63) is 52.0 Å². The van der Waals surface area contributed by atoms with E-state index < -0.39 is 21.4 Å². The molecule has 0 atom stereocenters. The first-order valence-electron chi connectivity index (χ1n) is 9.61. The summed E-state index contributed by atoms with van der Waals surface area (Å²) in [6.07, 6.45) is 1.16. The molecule has 0 saturated carbocycles. The van der Waals surface area contributed by atoms with Crippen molar-refractivity contribution in [1.82, 2.24) is 9.62 Å². The molecule has 2 aliphatic rings. The minimum absolute atomic E-state index is 0.0179. The predicted molar refractivity (Wildman–Crippen MR) is 111 cm³/mol. The van der Waals surface area contributed by atoms with E-state index in [0.29, 0.717) is 37.1 Å². The second-order valence-corrected chi connectivity index (χ2v) is 10.5. The van der Waals surface area contributed by atoms with Gasteiger partial charge in [0.2, 0.25) is 10.0 Å². The van der Waals surface area contributed by atoms with Gasteiger partial charge >= 0.3 is 0 Å². The summed E-state index contributed by atoms with van der Waals surface area (Å²) in [5.41, 5.74) is 0.157. The van der Waals surface area contributed by atoms with Gasteiger partial charge in [-0.3, -0.25) is 4.79 Å². The highest BCUT2D eigenvalue weighted by Crippen LogP contribution is 2.36. The lowest BCUT2D eigenvalue weighted by atomic mass is 9.87. The number of nitrogens with zero attached hydrogens (tertiary/aromatic N) is 2. The molecule has 2 aliphatic heterocycles. The van der Waals surface area contributed by atoms with Crippen LogP contribution in [0.15, 0.2) is 45.8 Å². The molecular formula is C20H22FN3O4S2. The number of carbonyl (C=O) groups excluding carboxylic acids is 1. The van der Waals surface area contributed by atoms with E-state index in [2.05, 4.69) is 10.5 Å². The fourth-order valence-electron chi connectivity index (χ4n) is 3.72. The predicted octanol–water partition coefficient (Wildman–Crippen LogP) is 2.81. The smallest absolute Gasteiger partial charge is 0.269 e. The molecule has 0 radical (unpaired) electrons. The number of piperidine rings is 1. The molecule has 0 bridgehead atoms. The van der Waals surface area contributed by atoms with E-state index in [0.717, 1.165) is 10.9 Å². The van der Waals surface area contributed by atoms with Gasteiger partial charge in [0, 0.05) is 37.2 Å². The number of rotatable bonds is 5. The highest BCUT2D eigenvalue weighted by Gasteiger charge is 2.46. The minimum atomic E-state index is -3.80. The van der Waals surface area contributed by atoms with Gasteiger partial charge in [-0.25, -0.2) is 12.8 Å². The number of sulfonamides is 1. The van der Waals surface area contributed by atoms with Gasteiger partial charge in [0.25, 0.3) is 5.91 Å². The molecule has 1 spiro atoms. The molecule has 2 aromatic rings. The molecule has 1 saturated heterocycles. The van der Waals surface area contributed by atoms with Gasteiger partial charge in [-0.15, -0.1) is 11.3 Å². The Morgan fingerprint density at radius 1 is 1.33 bits per heavy atom. The van der Waals surface area contributed by atoms with Crippen LogP contribution in [0.3, 0.4) is 0 Å². The largest absolute Gasteiger partial charge is 0.388 e. The van der Waals surface area contributed by atoms with Crippen LogP contribution in [0.2, 0.25) is 0 Å². The van der Waals surface area contributed by atoms with Crippen LogP contribution in [-0.2, 0) is 26.2 Å². The van der Waals surface area contributed by atoms with Gasteiger partial charge in [-0.2, -0.15) is 4.31 Å². The van der Waals surface area contributed by atoms with Crippen molar-refractivity contribution in [3.63, 3.8) is 0 Å². The molecule has 0 aliphatic carbocycles. The number of thiophene rings is 1. The van der Waals surface area contributed by atoms with E-state index in [-0.39, 0.29) is 23.9 Å². The lowest BCUT2D eigenvalue weighted by molar-refractivity contribution is -0.115. The Kier molecular flexibility index (Phi) is 5.65. The highest BCUT2D eigenvalue weighted by atomic mass is 32.2. The number of aryl methyl sites for hydroxylation is 1. The summed E-state index contributed by atoms with van der Waals surface area (Å²) in [5.74, 6) is -0.857. The summed E-state index contributed by atoms with van der Waals surface area (Å²) in [6, 6.07) is 7.62. The van der Waals surface area contributed by atoms with Crippen LogP contribution in [0.5, 0.6) is 0 Å². The van der Waals surface area contributed by atoms with Crippen molar-refractivity contribution < 1.29 is 22.4 Å². The number of nitrogens with one attached hydrogen (secondary N) is 1. The number of halogens is 1. The summed E-state index contributed by atoms with van der Waals surface area (Å²) in [5, 5.41) is 8.75. The molecule has 1 aromatic heterocycles. The van der Waals surface area contributed by atoms with E-state index in [1.54, 1.807) is 18.3 Å². The van der Waals surface area contributed by atoms with Crippen molar-refractivity contribution in [2.75, 3.05) is 13.1 Å². The van der Waals surface area contributed by atoms with E-state index >= 15 is 0 Å². The lowest BCUT2D eigenvalue weighted by Gasteiger charge is -2.36.